The molecule has 4 aromatic rings. The molecule has 0 saturated carbocycles. The third-order valence-electron chi connectivity index (χ3n) is 7.82. The summed E-state index contributed by atoms with van der Waals surface area (Å²) in [5.41, 5.74) is 5.64. The lowest BCUT2D eigenvalue weighted by molar-refractivity contribution is 0.313. The van der Waals surface area contributed by atoms with Crippen LogP contribution in [0.3, 0.4) is 0 Å². The van der Waals surface area contributed by atoms with Crippen LogP contribution in [0.15, 0.2) is 65.6 Å². The van der Waals surface area contributed by atoms with Gasteiger partial charge < -0.3 is 20.4 Å². The molecule has 2 aliphatic heterocycles. The molecule has 38 heavy (non-hydrogen) atoms. The lowest BCUT2D eigenvalue weighted by atomic mass is 9.94. The number of hydrogen-bond acceptors (Lipinski definition) is 7. The van der Waals surface area contributed by atoms with Crippen molar-refractivity contribution < 1.29 is 0 Å². The maximum atomic E-state index is 13.7. The first-order valence-electron chi connectivity index (χ1n) is 13.6. The molecule has 8 heteroatoms. The zero-order valence-corrected chi connectivity index (χ0v) is 22.2. The number of anilines is 3. The molecule has 8 nitrogen and oxygen atoms in total. The van der Waals surface area contributed by atoms with Gasteiger partial charge in [-0.1, -0.05) is 24.3 Å². The van der Waals surface area contributed by atoms with Gasteiger partial charge >= 0.3 is 0 Å². The lowest BCUT2D eigenvalue weighted by Gasteiger charge is -2.34. The van der Waals surface area contributed by atoms with Crippen molar-refractivity contribution in [3.63, 3.8) is 0 Å². The number of pyridine rings is 1. The van der Waals surface area contributed by atoms with Gasteiger partial charge in [0.2, 0.25) is 5.95 Å². The Balaban J connectivity index is 1.30. The van der Waals surface area contributed by atoms with Crippen molar-refractivity contribution in [1.82, 2.24) is 24.8 Å². The van der Waals surface area contributed by atoms with Crippen molar-refractivity contribution >= 4 is 28.4 Å². The van der Waals surface area contributed by atoms with Crippen molar-refractivity contribution in [2.75, 3.05) is 50.0 Å². The molecule has 1 unspecified atom stereocenters. The number of aryl methyl sites for hydroxylation is 1. The van der Waals surface area contributed by atoms with E-state index in [2.05, 4.69) is 74.9 Å². The van der Waals surface area contributed by atoms with Crippen LogP contribution >= 0.6 is 0 Å². The number of fused-ring (bicyclic) bond motifs is 1. The molecule has 2 aromatic carbocycles. The molecule has 4 heterocycles. The SMILES string of the molecule is CCn1c(=O)c(-c2ccccc2C2CCCN2)cc2cnc(Nc3ccc(N4CCN(C)CC4)cc3)nc21. The van der Waals surface area contributed by atoms with Gasteiger partial charge in [0, 0.05) is 67.3 Å². The smallest absolute Gasteiger partial charge is 0.260 e. The van der Waals surface area contributed by atoms with Crippen LogP contribution in [0.5, 0.6) is 0 Å². The summed E-state index contributed by atoms with van der Waals surface area (Å²) < 4.78 is 1.76. The standard InChI is InChI=1S/C30H35N7O/c1-3-37-28-21(19-26(29(37)38)24-7-4-5-8-25(24)27-9-6-14-31-27)20-32-30(34-28)33-22-10-12-23(13-11-22)36-17-15-35(2)16-18-36/h4-5,7-8,10-13,19-20,27,31H,3,6,9,14-18H2,1-2H3,(H,32,33,34). The number of hydrogen-bond donors (Lipinski definition) is 2. The fraction of sp³-hybridized carbons (Fsp3) is 0.367. The Hall–Kier alpha value is -3.75. The zero-order chi connectivity index (χ0) is 26.1. The molecule has 2 aliphatic rings. The molecule has 2 fully saturated rings. The van der Waals surface area contributed by atoms with E-state index in [0.29, 0.717) is 23.7 Å². The highest BCUT2D eigenvalue weighted by atomic mass is 16.1. The highest BCUT2D eigenvalue weighted by Gasteiger charge is 2.22. The van der Waals surface area contributed by atoms with Crippen molar-refractivity contribution in [3.8, 4) is 11.1 Å². The van der Waals surface area contributed by atoms with Crippen LogP contribution in [-0.2, 0) is 6.54 Å². The molecule has 0 aliphatic carbocycles. The normalized spacial score (nSPS) is 18.3. The maximum Gasteiger partial charge on any atom is 0.260 e. The number of piperazine rings is 1. The second-order valence-corrected chi connectivity index (χ2v) is 10.3. The molecule has 196 valence electrons. The van der Waals surface area contributed by atoms with E-state index in [-0.39, 0.29) is 11.6 Å². The van der Waals surface area contributed by atoms with Gasteiger partial charge in [-0.3, -0.25) is 9.36 Å². The van der Waals surface area contributed by atoms with E-state index in [1.54, 1.807) is 4.57 Å². The average Bonchev–Trinajstić information content (AvgIpc) is 3.49. The van der Waals surface area contributed by atoms with Gasteiger partial charge in [0.05, 0.1) is 0 Å². The Morgan fingerprint density at radius 1 is 1.03 bits per heavy atom. The van der Waals surface area contributed by atoms with Crippen LogP contribution in [0.25, 0.3) is 22.2 Å². The van der Waals surface area contributed by atoms with Crippen molar-refractivity contribution in [2.24, 2.45) is 0 Å². The topological polar surface area (TPSA) is 78.3 Å². The van der Waals surface area contributed by atoms with E-state index in [0.717, 1.165) is 62.2 Å². The van der Waals surface area contributed by atoms with Crippen LogP contribution in [0.1, 0.15) is 31.4 Å². The number of nitrogens with one attached hydrogen (secondary N) is 2. The minimum atomic E-state index is -0.0216. The quantitative estimate of drug-likeness (QED) is 0.399. The van der Waals surface area contributed by atoms with Gasteiger partial charge in [0.15, 0.2) is 0 Å². The number of aromatic nitrogens is 3. The Morgan fingerprint density at radius 3 is 2.55 bits per heavy atom. The van der Waals surface area contributed by atoms with E-state index < -0.39 is 0 Å². The summed E-state index contributed by atoms with van der Waals surface area (Å²) in [7, 11) is 2.17. The van der Waals surface area contributed by atoms with E-state index in [4.69, 9.17) is 4.98 Å². The predicted molar refractivity (Wildman–Crippen MR) is 154 cm³/mol. The Bertz CT molecular complexity index is 1480. The minimum Gasteiger partial charge on any atom is -0.369 e. The molecule has 0 radical (unpaired) electrons. The first-order valence-corrected chi connectivity index (χ1v) is 13.6. The Kier molecular flexibility index (Phi) is 6.82. The molecule has 6 rings (SSSR count). The Labute approximate surface area is 223 Å². The van der Waals surface area contributed by atoms with Gasteiger partial charge in [0.1, 0.15) is 5.65 Å². The van der Waals surface area contributed by atoms with E-state index >= 15 is 0 Å². The molecule has 2 saturated heterocycles. The monoisotopic (exact) mass is 509 g/mol. The van der Waals surface area contributed by atoms with Crippen LogP contribution in [0, 0.1) is 0 Å². The summed E-state index contributed by atoms with van der Waals surface area (Å²) in [4.78, 5) is 27.8. The lowest BCUT2D eigenvalue weighted by Crippen LogP contribution is -2.44. The number of nitrogens with zero attached hydrogens (tertiary/aromatic N) is 5. The fourth-order valence-corrected chi connectivity index (χ4v) is 5.65. The summed E-state index contributed by atoms with van der Waals surface area (Å²) in [6.45, 7) is 7.76. The summed E-state index contributed by atoms with van der Waals surface area (Å²) in [5.74, 6) is 0.481. The van der Waals surface area contributed by atoms with Gasteiger partial charge in [-0.05, 0) is 74.8 Å². The molecular weight excluding hydrogens is 474 g/mol. The van der Waals surface area contributed by atoms with Gasteiger partial charge in [-0.25, -0.2) is 4.98 Å². The molecular formula is C30H35N7O. The van der Waals surface area contributed by atoms with Gasteiger partial charge in [-0.15, -0.1) is 0 Å². The molecule has 2 aromatic heterocycles. The molecule has 0 amide bonds. The summed E-state index contributed by atoms with van der Waals surface area (Å²) in [5, 5.41) is 7.75. The third-order valence-corrected chi connectivity index (χ3v) is 7.82. The number of rotatable bonds is 6. The van der Waals surface area contributed by atoms with Crippen LogP contribution in [0.2, 0.25) is 0 Å². The van der Waals surface area contributed by atoms with Gasteiger partial charge in [-0.2, -0.15) is 4.98 Å². The minimum absolute atomic E-state index is 0.0216. The summed E-state index contributed by atoms with van der Waals surface area (Å²) >= 11 is 0. The van der Waals surface area contributed by atoms with E-state index in [1.165, 1.54) is 11.3 Å². The maximum absolute atomic E-state index is 13.7. The number of likely N-dealkylation sites (N-methyl/N-ethyl adjacent to an activating group) is 1. The van der Waals surface area contributed by atoms with Gasteiger partial charge in [0.25, 0.3) is 5.56 Å². The molecule has 2 N–H and O–H groups in total. The average molecular weight is 510 g/mol. The first-order chi connectivity index (χ1) is 18.6. The summed E-state index contributed by atoms with van der Waals surface area (Å²) in [6, 6.07) is 18.9. The Morgan fingerprint density at radius 2 is 1.82 bits per heavy atom. The highest BCUT2D eigenvalue weighted by molar-refractivity contribution is 5.83. The largest absolute Gasteiger partial charge is 0.369 e. The second-order valence-electron chi connectivity index (χ2n) is 10.3. The highest BCUT2D eigenvalue weighted by Crippen LogP contribution is 2.32. The van der Waals surface area contributed by atoms with E-state index in [1.807, 2.05) is 25.3 Å². The van der Waals surface area contributed by atoms with Crippen molar-refractivity contribution in [3.05, 3.63) is 76.7 Å². The molecule has 0 bridgehead atoms. The molecule has 0 spiro atoms. The third kappa shape index (κ3) is 4.77. The van der Waals surface area contributed by atoms with E-state index in [9.17, 15) is 4.79 Å². The van der Waals surface area contributed by atoms with Crippen LogP contribution in [0.4, 0.5) is 17.3 Å². The van der Waals surface area contributed by atoms with Crippen LogP contribution in [-0.4, -0.2) is 59.2 Å². The number of benzene rings is 2. The zero-order valence-electron chi connectivity index (χ0n) is 22.2. The predicted octanol–water partition coefficient (Wildman–Crippen LogP) is 4.40. The van der Waals surface area contributed by atoms with Crippen molar-refractivity contribution in [1.29, 1.82) is 0 Å². The van der Waals surface area contributed by atoms with Crippen molar-refractivity contribution in [2.45, 2.75) is 32.4 Å². The fourth-order valence-electron chi connectivity index (χ4n) is 5.65. The first kappa shape index (κ1) is 24.6. The molecule has 1 atom stereocenters. The summed E-state index contributed by atoms with van der Waals surface area (Å²) in [6.07, 6.45) is 4.05. The second kappa shape index (κ2) is 10.6. The van der Waals surface area contributed by atoms with Crippen LogP contribution < -0.4 is 21.1 Å².